The van der Waals surface area contributed by atoms with E-state index < -0.39 is 6.10 Å². The predicted molar refractivity (Wildman–Crippen MR) is 86.8 cm³/mol. The van der Waals surface area contributed by atoms with Crippen LogP contribution in [0.5, 0.6) is 0 Å². The summed E-state index contributed by atoms with van der Waals surface area (Å²) < 4.78 is 2.08. The first-order valence-corrected chi connectivity index (χ1v) is 7.86. The van der Waals surface area contributed by atoms with Gasteiger partial charge in [0.15, 0.2) is 0 Å². The average molecular weight is 314 g/mol. The number of hydrogen-bond acceptors (Lipinski definition) is 4. The zero-order chi connectivity index (χ0) is 16.2. The van der Waals surface area contributed by atoms with E-state index in [1.165, 1.54) is 5.56 Å². The number of benzene rings is 1. The van der Waals surface area contributed by atoms with Crippen molar-refractivity contribution >= 4 is 5.91 Å². The van der Waals surface area contributed by atoms with Crippen molar-refractivity contribution in [1.82, 2.24) is 20.2 Å². The summed E-state index contributed by atoms with van der Waals surface area (Å²) in [6.45, 7) is 3.72. The lowest BCUT2D eigenvalue weighted by atomic mass is 10.1. The number of rotatable bonds is 5. The Bertz CT molecular complexity index is 683. The van der Waals surface area contributed by atoms with E-state index in [0.717, 1.165) is 17.9 Å². The monoisotopic (exact) mass is 314 g/mol. The fourth-order valence-corrected chi connectivity index (χ4v) is 2.83. The van der Waals surface area contributed by atoms with E-state index in [1.807, 2.05) is 25.3 Å². The lowest BCUT2D eigenvalue weighted by Gasteiger charge is -2.12. The third-order valence-electron chi connectivity index (χ3n) is 4.16. The van der Waals surface area contributed by atoms with E-state index in [1.54, 1.807) is 6.20 Å². The maximum Gasteiger partial charge on any atom is 0.237 e. The first kappa shape index (κ1) is 15.7. The summed E-state index contributed by atoms with van der Waals surface area (Å²) in [6, 6.07) is 7.88. The lowest BCUT2D eigenvalue weighted by molar-refractivity contribution is -0.123. The summed E-state index contributed by atoms with van der Waals surface area (Å²) in [7, 11) is 0. The molecule has 1 aromatic carbocycles. The molecule has 0 spiro atoms. The fraction of sp³-hybridized carbons (Fsp3) is 0.412. The SMILES string of the molecule is Cc1nccn1Cc1cccc(CNC(=O)[C@H]2C[C@@H](O)CN2)c1. The van der Waals surface area contributed by atoms with E-state index in [4.69, 9.17) is 0 Å². The number of aliphatic hydroxyl groups excluding tert-OH is 1. The average Bonchev–Trinajstić information content (AvgIpc) is 3.15. The quantitative estimate of drug-likeness (QED) is 0.754. The number of carbonyl (C=O) groups is 1. The van der Waals surface area contributed by atoms with Crippen molar-refractivity contribution in [3.05, 3.63) is 53.6 Å². The van der Waals surface area contributed by atoms with Crippen molar-refractivity contribution in [2.24, 2.45) is 0 Å². The minimum Gasteiger partial charge on any atom is -0.392 e. The van der Waals surface area contributed by atoms with Crippen LogP contribution in [0, 0.1) is 6.92 Å². The van der Waals surface area contributed by atoms with Crippen LogP contribution >= 0.6 is 0 Å². The topological polar surface area (TPSA) is 79.2 Å². The van der Waals surface area contributed by atoms with Crippen LogP contribution in [0.25, 0.3) is 0 Å². The zero-order valence-electron chi connectivity index (χ0n) is 13.2. The third-order valence-corrected chi connectivity index (χ3v) is 4.16. The van der Waals surface area contributed by atoms with Gasteiger partial charge >= 0.3 is 0 Å². The predicted octanol–water partition coefficient (Wildman–Crippen LogP) is 0.579. The van der Waals surface area contributed by atoms with Crippen LogP contribution in [0.3, 0.4) is 0 Å². The number of aliphatic hydroxyl groups is 1. The number of carbonyl (C=O) groups excluding carboxylic acids is 1. The molecule has 1 fully saturated rings. The van der Waals surface area contributed by atoms with Crippen molar-refractivity contribution < 1.29 is 9.90 Å². The van der Waals surface area contributed by atoms with Crippen LogP contribution in [-0.2, 0) is 17.9 Å². The molecule has 2 aromatic rings. The Balaban J connectivity index is 1.57. The van der Waals surface area contributed by atoms with E-state index in [9.17, 15) is 9.90 Å². The Morgan fingerprint density at radius 3 is 3.00 bits per heavy atom. The standard InChI is InChI=1S/C17H22N4O2/c1-12-18-5-6-21(12)11-14-4-2-3-13(7-14)9-20-17(23)16-8-15(22)10-19-16/h2-7,15-16,19,22H,8-11H2,1H3,(H,20,23)/t15-,16-/m1/s1. The molecule has 1 aliphatic rings. The molecule has 1 aliphatic heterocycles. The smallest absolute Gasteiger partial charge is 0.237 e. The Labute approximate surface area is 135 Å². The number of nitrogens with zero attached hydrogens (tertiary/aromatic N) is 2. The molecule has 122 valence electrons. The Kier molecular flexibility index (Phi) is 4.73. The molecule has 1 aromatic heterocycles. The maximum atomic E-state index is 12.1. The van der Waals surface area contributed by atoms with Gasteiger partial charge in [0.05, 0.1) is 12.1 Å². The molecular weight excluding hydrogens is 292 g/mol. The summed E-state index contributed by atoms with van der Waals surface area (Å²) in [6.07, 6.45) is 3.81. The Hall–Kier alpha value is -2.18. The molecule has 0 bridgehead atoms. The Morgan fingerprint density at radius 1 is 1.48 bits per heavy atom. The molecule has 2 heterocycles. The number of aryl methyl sites for hydroxylation is 1. The highest BCUT2D eigenvalue weighted by atomic mass is 16.3. The van der Waals surface area contributed by atoms with Crippen LogP contribution in [0.15, 0.2) is 36.7 Å². The summed E-state index contributed by atoms with van der Waals surface area (Å²) >= 11 is 0. The Morgan fingerprint density at radius 2 is 2.30 bits per heavy atom. The number of imidazole rings is 1. The van der Waals surface area contributed by atoms with Gasteiger partial charge in [-0.05, 0) is 24.5 Å². The largest absolute Gasteiger partial charge is 0.392 e. The molecule has 3 N–H and O–H groups in total. The lowest BCUT2D eigenvalue weighted by Crippen LogP contribution is -2.40. The van der Waals surface area contributed by atoms with Crippen molar-refractivity contribution in [2.45, 2.75) is 38.6 Å². The van der Waals surface area contributed by atoms with Gasteiger partial charge in [0.1, 0.15) is 5.82 Å². The zero-order valence-corrected chi connectivity index (χ0v) is 13.2. The first-order chi connectivity index (χ1) is 11.1. The van der Waals surface area contributed by atoms with Crippen molar-refractivity contribution in [2.75, 3.05) is 6.54 Å². The first-order valence-electron chi connectivity index (χ1n) is 7.86. The van der Waals surface area contributed by atoms with Crippen LogP contribution in [0.2, 0.25) is 0 Å². The summed E-state index contributed by atoms with van der Waals surface area (Å²) in [5, 5.41) is 15.4. The molecule has 6 nitrogen and oxygen atoms in total. The van der Waals surface area contributed by atoms with Crippen molar-refractivity contribution in [3.63, 3.8) is 0 Å². The molecule has 3 rings (SSSR count). The molecule has 6 heteroatoms. The second-order valence-corrected chi connectivity index (χ2v) is 5.99. The summed E-state index contributed by atoms with van der Waals surface area (Å²) in [4.78, 5) is 16.3. The fourth-order valence-electron chi connectivity index (χ4n) is 2.83. The molecule has 1 amide bonds. The summed E-state index contributed by atoms with van der Waals surface area (Å²) in [5.74, 6) is 0.923. The van der Waals surface area contributed by atoms with Gasteiger partial charge in [-0.3, -0.25) is 4.79 Å². The number of hydrogen-bond donors (Lipinski definition) is 3. The highest BCUT2D eigenvalue weighted by Crippen LogP contribution is 2.10. The van der Waals surface area contributed by atoms with Gasteiger partial charge < -0.3 is 20.3 Å². The van der Waals surface area contributed by atoms with E-state index >= 15 is 0 Å². The van der Waals surface area contributed by atoms with Crippen LogP contribution < -0.4 is 10.6 Å². The molecular formula is C17H22N4O2. The normalized spacial score (nSPS) is 20.6. The van der Waals surface area contributed by atoms with Crippen LogP contribution in [0.4, 0.5) is 0 Å². The van der Waals surface area contributed by atoms with E-state index in [-0.39, 0.29) is 11.9 Å². The second kappa shape index (κ2) is 6.93. The van der Waals surface area contributed by atoms with Crippen molar-refractivity contribution in [3.8, 4) is 0 Å². The summed E-state index contributed by atoms with van der Waals surface area (Å²) in [5.41, 5.74) is 2.24. The highest BCUT2D eigenvalue weighted by Gasteiger charge is 2.27. The molecule has 1 saturated heterocycles. The molecule has 2 atom stereocenters. The minimum absolute atomic E-state index is 0.0580. The van der Waals surface area contributed by atoms with E-state index in [2.05, 4.69) is 32.3 Å². The van der Waals surface area contributed by atoms with Gasteiger partial charge in [0, 0.05) is 32.0 Å². The number of aromatic nitrogens is 2. The van der Waals surface area contributed by atoms with Gasteiger partial charge in [-0.15, -0.1) is 0 Å². The molecule has 0 aliphatic carbocycles. The number of amides is 1. The third kappa shape index (κ3) is 3.97. The molecule has 0 unspecified atom stereocenters. The van der Waals surface area contributed by atoms with Crippen LogP contribution in [-0.4, -0.2) is 39.3 Å². The van der Waals surface area contributed by atoms with Gasteiger partial charge in [-0.2, -0.15) is 0 Å². The molecule has 0 radical (unpaired) electrons. The molecule has 0 saturated carbocycles. The van der Waals surface area contributed by atoms with E-state index in [0.29, 0.717) is 19.5 Å². The maximum absolute atomic E-state index is 12.1. The highest BCUT2D eigenvalue weighted by molar-refractivity contribution is 5.82. The molecule has 23 heavy (non-hydrogen) atoms. The van der Waals surface area contributed by atoms with Gasteiger partial charge in [0.2, 0.25) is 5.91 Å². The second-order valence-electron chi connectivity index (χ2n) is 5.99. The number of β-amino-alcohol motifs (C(OH)–C–C–N with tert-alkyl or cyclic N) is 1. The number of nitrogens with one attached hydrogen (secondary N) is 2. The van der Waals surface area contributed by atoms with Gasteiger partial charge in [-0.1, -0.05) is 24.3 Å². The van der Waals surface area contributed by atoms with Gasteiger partial charge in [0.25, 0.3) is 0 Å². The van der Waals surface area contributed by atoms with Gasteiger partial charge in [-0.25, -0.2) is 4.98 Å². The van der Waals surface area contributed by atoms with Crippen LogP contribution in [0.1, 0.15) is 23.4 Å². The minimum atomic E-state index is -0.424. The van der Waals surface area contributed by atoms with Crippen molar-refractivity contribution in [1.29, 1.82) is 0 Å².